The smallest absolute Gasteiger partial charge is 0.306 e. The average molecular weight is 398 g/mol. The molecule has 0 aliphatic rings. The van der Waals surface area contributed by atoms with Gasteiger partial charge in [-0.1, -0.05) is 11.2 Å². The lowest BCUT2D eigenvalue weighted by molar-refractivity contribution is -0.387. The Balaban J connectivity index is 1.78. The second-order valence-corrected chi connectivity index (χ2v) is 6.81. The largest absolute Gasteiger partial charge is 0.335 e. The van der Waals surface area contributed by atoms with Crippen LogP contribution in [-0.2, 0) is 0 Å². The third-order valence-electron chi connectivity index (χ3n) is 4.04. The number of benzene rings is 1. The Morgan fingerprint density at radius 2 is 2.14 bits per heavy atom. The third-order valence-corrected chi connectivity index (χ3v) is 4.93. The van der Waals surface area contributed by atoms with Crippen molar-refractivity contribution >= 4 is 39.7 Å². The number of nitrogens with one attached hydrogen (secondary N) is 1. The minimum Gasteiger partial charge on any atom is -0.335 e. The summed E-state index contributed by atoms with van der Waals surface area (Å²) in [6.07, 6.45) is 0. The summed E-state index contributed by atoms with van der Waals surface area (Å²) in [7, 11) is 0. The number of hydrogen-bond donors (Lipinski definition) is 1. The van der Waals surface area contributed by atoms with E-state index in [1.54, 1.807) is 13.0 Å². The van der Waals surface area contributed by atoms with Crippen LogP contribution < -0.4 is 5.32 Å². The molecule has 4 rings (SSSR count). The number of nitro groups is 1. The first-order valence-corrected chi connectivity index (χ1v) is 8.88. The van der Waals surface area contributed by atoms with Crippen molar-refractivity contribution in [2.45, 2.75) is 6.92 Å². The molecular formula is C18H11FN4O4S. The zero-order valence-corrected chi connectivity index (χ0v) is 15.1. The summed E-state index contributed by atoms with van der Waals surface area (Å²) in [5.41, 5.74) is 0.843. The van der Waals surface area contributed by atoms with E-state index in [9.17, 15) is 19.3 Å². The number of nitrogens with zero attached hydrogens (tertiary/aromatic N) is 3. The van der Waals surface area contributed by atoms with Crippen molar-refractivity contribution in [3.05, 3.63) is 69.0 Å². The molecule has 0 aliphatic heterocycles. The minimum atomic E-state index is -0.982. The van der Waals surface area contributed by atoms with Gasteiger partial charge < -0.3 is 9.84 Å². The molecule has 0 radical (unpaired) electrons. The van der Waals surface area contributed by atoms with Gasteiger partial charge in [0, 0.05) is 11.8 Å². The molecule has 4 aromatic rings. The predicted octanol–water partition coefficient (Wildman–Crippen LogP) is 4.56. The Hall–Kier alpha value is -3.66. The first-order valence-electron chi connectivity index (χ1n) is 8.00. The number of aryl methyl sites for hydroxylation is 1. The quantitative estimate of drug-likeness (QED) is 0.398. The van der Waals surface area contributed by atoms with Gasteiger partial charge in [-0.3, -0.25) is 14.9 Å². The Morgan fingerprint density at radius 1 is 1.32 bits per heavy atom. The van der Waals surface area contributed by atoms with Gasteiger partial charge in [0.25, 0.3) is 11.6 Å². The highest BCUT2D eigenvalue weighted by Gasteiger charge is 2.21. The van der Waals surface area contributed by atoms with Gasteiger partial charge in [-0.25, -0.2) is 4.98 Å². The van der Waals surface area contributed by atoms with Gasteiger partial charge >= 0.3 is 5.69 Å². The number of carbonyl (C=O) groups excluding carboxylic acids is 1. The molecule has 0 aliphatic carbocycles. The normalized spacial score (nSPS) is 10.9. The van der Waals surface area contributed by atoms with E-state index in [0.717, 1.165) is 17.0 Å². The zero-order valence-electron chi connectivity index (χ0n) is 14.3. The first kappa shape index (κ1) is 17.7. The predicted molar refractivity (Wildman–Crippen MR) is 101 cm³/mol. The Kier molecular flexibility index (Phi) is 4.32. The van der Waals surface area contributed by atoms with Crippen LogP contribution in [0.15, 0.2) is 46.3 Å². The monoisotopic (exact) mass is 398 g/mol. The maximum atomic E-state index is 13.5. The summed E-state index contributed by atoms with van der Waals surface area (Å²) < 4.78 is 18.7. The number of aromatic nitrogens is 2. The lowest BCUT2D eigenvalue weighted by atomic mass is 10.1. The number of thiophene rings is 1. The molecule has 1 amide bonds. The molecule has 0 bridgehead atoms. The van der Waals surface area contributed by atoms with Crippen molar-refractivity contribution < 1.29 is 18.6 Å². The molecule has 10 heteroatoms. The molecular weight excluding hydrogens is 387 g/mol. The lowest BCUT2D eigenvalue weighted by Crippen LogP contribution is -2.13. The van der Waals surface area contributed by atoms with Gasteiger partial charge in [0.05, 0.1) is 32.1 Å². The van der Waals surface area contributed by atoms with Crippen molar-refractivity contribution in [3.63, 3.8) is 0 Å². The number of hydrogen-bond acceptors (Lipinski definition) is 7. The molecule has 0 atom stereocenters. The van der Waals surface area contributed by atoms with Crippen molar-refractivity contribution in [1.29, 1.82) is 0 Å². The highest BCUT2D eigenvalue weighted by molar-refractivity contribution is 7.13. The number of halogens is 1. The molecule has 1 aromatic carbocycles. The molecule has 28 heavy (non-hydrogen) atoms. The Bertz CT molecular complexity index is 1220. The van der Waals surface area contributed by atoms with Crippen molar-refractivity contribution in [2.75, 3.05) is 5.32 Å². The fraction of sp³-hybridized carbons (Fsp3) is 0.0556. The van der Waals surface area contributed by atoms with E-state index in [0.29, 0.717) is 16.8 Å². The lowest BCUT2D eigenvalue weighted by Gasteiger charge is -2.08. The first-order chi connectivity index (χ1) is 13.4. The van der Waals surface area contributed by atoms with Gasteiger partial charge in [0.15, 0.2) is 0 Å². The molecule has 0 saturated heterocycles. The van der Waals surface area contributed by atoms with E-state index < -0.39 is 22.3 Å². The van der Waals surface area contributed by atoms with E-state index in [1.165, 1.54) is 17.4 Å². The molecule has 0 fully saturated rings. The zero-order chi connectivity index (χ0) is 19.8. The fourth-order valence-electron chi connectivity index (χ4n) is 2.75. The fourth-order valence-corrected chi connectivity index (χ4v) is 3.44. The second-order valence-electron chi connectivity index (χ2n) is 5.86. The second kappa shape index (κ2) is 6.82. The molecule has 8 nitrogen and oxygen atoms in total. The minimum absolute atomic E-state index is 0.0924. The molecule has 140 valence electrons. The standard InChI is InChI=1S/C18H11FN4O4S/c1-9-16-11(8-13(15-3-2-6-28-15)21-18(16)27-22-9)17(24)20-10-4-5-12(19)14(7-10)23(25)26/h2-8H,1H3,(H,20,24). The number of pyridine rings is 1. The Labute approximate surface area is 160 Å². The summed E-state index contributed by atoms with van der Waals surface area (Å²) in [6.45, 7) is 1.68. The number of fused-ring (bicyclic) bond motifs is 1. The summed E-state index contributed by atoms with van der Waals surface area (Å²) in [5.74, 6) is -1.53. The van der Waals surface area contributed by atoms with Crippen molar-refractivity contribution in [2.24, 2.45) is 0 Å². The topological polar surface area (TPSA) is 111 Å². The third kappa shape index (κ3) is 3.09. The van der Waals surface area contributed by atoms with Crippen molar-refractivity contribution in [3.8, 4) is 10.6 Å². The number of nitro benzene ring substituents is 1. The van der Waals surface area contributed by atoms with Crippen LogP contribution in [0.2, 0.25) is 0 Å². The molecule has 1 N–H and O–H groups in total. The summed E-state index contributed by atoms with van der Waals surface area (Å²) in [6, 6.07) is 8.46. The van der Waals surface area contributed by atoms with Gasteiger partial charge in [-0.15, -0.1) is 11.3 Å². The van der Waals surface area contributed by atoms with Crippen LogP contribution in [0.25, 0.3) is 21.7 Å². The molecule has 0 spiro atoms. The summed E-state index contributed by atoms with van der Waals surface area (Å²) >= 11 is 1.45. The Morgan fingerprint density at radius 3 is 2.86 bits per heavy atom. The highest BCUT2D eigenvalue weighted by Crippen LogP contribution is 2.30. The van der Waals surface area contributed by atoms with Gasteiger partial charge in [-0.05, 0) is 36.6 Å². The maximum absolute atomic E-state index is 13.5. The summed E-state index contributed by atoms with van der Waals surface area (Å²) in [4.78, 5) is 28.2. The average Bonchev–Trinajstić information content (AvgIpc) is 3.33. The van der Waals surface area contributed by atoms with E-state index >= 15 is 0 Å². The van der Waals surface area contributed by atoms with E-state index in [-0.39, 0.29) is 17.0 Å². The molecule has 3 aromatic heterocycles. The van der Waals surface area contributed by atoms with Crippen LogP contribution in [0.3, 0.4) is 0 Å². The number of carbonyl (C=O) groups is 1. The van der Waals surface area contributed by atoms with E-state index in [1.807, 2.05) is 17.5 Å². The number of rotatable bonds is 4. The van der Waals surface area contributed by atoms with Crippen LogP contribution in [0, 0.1) is 22.9 Å². The van der Waals surface area contributed by atoms with Gasteiger partial charge in [0.2, 0.25) is 5.82 Å². The van der Waals surface area contributed by atoms with Gasteiger partial charge in [0.1, 0.15) is 0 Å². The molecule has 0 unspecified atom stereocenters. The molecule has 3 heterocycles. The van der Waals surface area contributed by atoms with Crippen LogP contribution >= 0.6 is 11.3 Å². The highest BCUT2D eigenvalue weighted by atomic mass is 32.1. The SMILES string of the molecule is Cc1noc2nc(-c3cccs3)cc(C(=O)Nc3ccc(F)c([N+](=O)[O-])c3)c12. The van der Waals surface area contributed by atoms with E-state index in [2.05, 4.69) is 15.5 Å². The van der Waals surface area contributed by atoms with Crippen LogP contribution in [0.1, 0.15) is 16.1 Å². The van der Waals surface area contributed by atoms with Gasteiger partial charge in [-0.2, -0.15) is 4.39 Å². The van der Waals surface area contributed by atoms with E-state index in [4.69, 9.17) is 4.52 Å². The molecule has 0 saturated carbocycles. The van der Waals surface area contributed by atoms with Crippen LogP contribution in [0.5, 0.6) is 0 Å². The van der Waals surface area contributed by atoms with Crippen LogP contribution in [-0.4, -0.2) is 21.0 Å². The number of anilines is 1. The van der Waals surface area contributed by atoms with Crippen molar-refractivity contribution in [1.82, 2.24) is 10.1 Å². The number of amides is 1. The summed E-state index contributed by atoms with van der Waals surface area (Å²) in [5, 5.41) is 19.7. The maximum Gasteiger partial charge on any atom is 0.306 e. The van der Waals surface area contributed by atoms with Crippen LogP contribution in [0.4, 0.5) is 15.8 Å².